The number of benzene rings is 1. The van der Waals surface area contributed by atoms with E-state index in [1.807, 2.05) is 0 Å². The molecule has 0 spiro atoms. The summed E-state index contributed by atoms with van der Waals surface area (Å²) in [5, 5.41) is 13.4. The Labute approximate surface area is 186 Å². The van der Waals surface area contributed by atoms with E-state index in [1.165, 1.54) is 23.9 Å². The van der Waals surface area contributed by atoms with E-state index in [1.54, 1.807) is 18.2 Å². The number of hydrogen-bond donors (Lipinski definition) is 3. The van der Waals surface area contributed by atoms with E-state index in [0.29, 0.717) is 22.3 Å². The van der Waals surface area contributed by atoms with Gasteiger partial charge in [-0.25, -0.2) is 18.6 Å². The molecule has 170 valence electrons. The fourth-order valence-electron chi connectivity index (χ4n) is 3.36. The second-order valence-electron chi connectivity index (χ2n) is 7.37. The van der Waals surface area contributed by atoms with Gasteiger partial charge in [-0.05, 0) is 18.1 Å². The third-order valence-electron chi connectivity index (χ3n) is 5.14. The minimum atomic E-state index is -1.09. The Morgan fingerprint density at radius 2 is 1.88 bits per heavy atom. The van der Waals surface area contributed by atoms with Crippen molar-refractivity contribution in [1.82, 2.24) is 29.6 Å². The van der Waals surface area contributed by atoms with Gasteiger partial charge in [0.05, 0.1) is 17.4 Å². The Morgan fingerprint density at radius 3 is 2.55 bits per heavy atom. The van der Waals surface area contributed by atoms with Gasteiger partial charge in [-0.3, -0.25) is 0 Å². The van der Waals surface area contributed by atoms with Crippen LogP contribution in [0.25, 0.3) is 17.0 Å². The van der Waals surface area contributed by atoms with E-state index < -0.39 is 17.7 Å². The zero-order chi connectivity index (χ0) is 23.7. The summed E-state index contributed by atoms with van der Waals surface area (Å²) >= 11 is 0. The first-order valence-corrected chi connectivity index (χ1v) is 9.87. The van der Waals surface area contributed by atoms with Crippen LogP contribution >= 0.6 is 0 Å². The molecule has 0 aliphatic heterocycles. The summed E-state index contributed by atoms with van der Waals surface area (Å²) in [7, 11) is 1.42. The Hall–Kier alpha value is -4.35. The second kappa shape index (κ2) is 8.65. The van der Waals surface area contributed by atoms with Crippen LogP contribution in [-0.4, -0.2) is 54.4 Å². The Bertz CT molecular complexity index is 1330. The lowest BCUT2D eigenvalue weighted by Gasteiger charge is -2.15. The highest BCUT2D eigenvalue weighted by atomic mass is 19.1. The molecule has 3 heterocycles. The van der Waals surface area contributed by atoms with E-state index >= 15 is 0 Å². The molecular weight excluding hydrogens is 434 g/mol. The topological polar surface area (TPSA) is 149 Å². The standard InChI is InChI=1S/C21H20F2N8O2/c1-30(21(32)33)7-6-13-18(24)27-20(28-19(13)25)31-16-9-12(22)10-26-17(16)15(29-31)8-11-4-2-3-5-14(11)23/h2-5,9-10H,6-8H2,1H3,(H,32,33)(H4,24,25,27,28). The van der Waals surface area contributed by atoms with Crippen LogP contribution in [0.5, 0.6) is 0 Å². The molecule has 4 aromatic rings. The molecule has 0 atom stereocenters. The van der Waals surface area contributed by atoms with Gasteiger partial charge in [0.15, 0.2) is 0 Å². The number of halogens is 2. The number of pyridine rings is 1. The van der Waals surface area contributed by atoms with E-state index in [4.69, 9.17) is 16.6 Å². The van der Waals surface area contributed by atoms with Gasteiger partial charge in [-0.2, -0.15) is 19.7 Å². The Kier molecular flexibility index (Phi) is 5.73. The third-order valence-corrected chi connectivity index (χ3v) is 5.14. The number of aromatic nitrogens is 5. The zero-order valence-electron chi connectivity index (χ0n) is 17.5. The maximum atomic E-state index is 14.2. The van der Waals surface area contributed by atoms with Crippen molar-refractivity contribution in [3.8, 4) is 5.95 Å². The van der Waals surface area contributed by atoms with Crippen LogP contribution in [0.3, 0.4) is 0 Å². The number of hydrogen-bond acceptors (Lipinski definition) is 7. The zero-order valence-corrected chi connectivity index (χ0v) is 17.5. The van der Waals surface area contributed by atoms with Crippen LogP contribution in [-0.2, 0) is 12.8 Å². The number of rotatable bonds is 6. The number of nitrogens with zero attached hydrogens (tertiary/aromatic N) is 6. The predicted molar refractivity (Wildman–Crippen MR) is 117 cm³/mol. The van der Waals surface area contributed by atoms with E-state index in [-0.39, 0.29) is 42.5 Å². The monoisotopic (exact) mass is 454 g/mol. The lowest BCUT2D eigenvalue weighted by Crippen LogP contribution is -2.27. The molecule has 0 saturated heterocycles. The van der Waals surface area contributed by atoms with E-state index in [2.05, 4.69) is 20.1 Å². The molecule has 3 aromatic heterocycles. The highest BCUT2D eigenvalue weighted by Gasteiger charge is 2.20. The van der Waals surface area contributed by atoms with Crippen molar-refractivity contribution in [1.29, 1.82) is 0 Å². The van der Waals surface area contributed by atoms with Crippen molar-refractivity contribution in [2.75, 3.05) is 25.1 Å². The molecule has 4 rings (SSSR count). The highest BCUT2D eigenvalue weighted by molar-refractivity contribution is 5.79. The highest BCUT2D eigenvalue weighted by Crippen LogP contribution is 2.25. The first-order chi connectivity index (χ1) is 15.7. The van der Waals surface area contributed by atoms with Gasteiger partial charge in [0, 0.05) is 31.6 Å². The van der Waals surface area contributed by atoms with Gasteiger partial charge in [0.25, 0.3) is 5.95 Å². The van der Waals surface area contributed by atoms with Crippen LogP contribution < -0.4 is 11.5 Å². The summed E-state index contributed by atoms with van der Waals surface area (Å²) in [6, 6.07) is 7.46. The molecule has 0 saturated carbocycles. The quantitative estimate of drug-likeness (QED) is 0.402. The second-order valence-corrected chi connectivity index (χ2v) is 7.37. The fraction of sp³-hybridized carbons (Fsp3) is 0.190. The van der Waals surface area contributed by atoms with E-state index in [9.17, 15) is 13.6 Å². The number of anilines is 2. The lowest BCUT2D eigenvalue weighted by molar-refractivity contribution is 0.156. The number of nitrogens with two attached hydrogens (primary N) is 2. The number of amides is 1. The number of carboxylic acid groups (broad SMARTS) is 1. The Balaban J connectivity index is 1.76. The first kappa shape index (κ1) is 21.9. The minimum Gasteiger partial charge on any atom is -0.465 e. The van der Waals surface area contributed by atoms with Gasteiger partial charge in [0.1, 0.15) is 28.8 Å². The molecule has 0 bridgehead atoms. The van der Waals surface area contributed by atoms with Crippen molar-refractivity contribution >= 4 is 28.8 Å². The summed E-state index contributed by atoms with van der Waals surface area (Å²) in [5.41, 5.74) is 13.9. The average molecular weight is 454 g/mol. The largest absolute Gasteiger partial charge is 0.465 e. The van der Waals surface area contributed by atoms with E-state index in [0.717, 1.165) is 11.1 Å². The molecule has 0 aliphatic carbocycles. The normalized spacial score (nSPS) is 11.1. The molecule has 33 heavy (non-hydrogen) atoms. The molecule has 1 aromatic carbocycles. The smallest absolute Gasteiger partial charge is 0.407 e. The summed E-state index contributed by atoms with van der Waals surface area (Å²) in [6.07, 6.45) is 0.268. The van der Waals surface area contributed by atoms with Crippen molar-refractivity contribution in [2.24, 2.45) is 0 Å². The van der Waals surface area contributed by atoms with Crippen molar-refractivity contribution < 1.29 is 18.7 Å². The SMILES string of the molecule is CN(CCc1c(N)nc(-n2nc(Cc3ccccc3F)c3ncc(F)cc32)nc1N)C(=O)O. The molecular formula is C21H20F2N8O2. The molecule has 1 amide bonds. The summed E-state index contributed by atoms with van der Waals surface area (Å²) < 4.78 is 29.4. The molecule has 5 N–H and O–H groups in total. The summed E-state index contributed by atoms with van der Waals surface area (Å²) in [5.74, 6) is -0.935. The maximum Gasteiger partial charge on any atom is 0.407 e. The summed E-state index contributed by atoms with van der Waals surface area (Å²) in [4.78, 5) is 24.7. The van der Waals surface area contributed by atoms with Crippen LogP contribution in [0.2, 0.25) is 0 Å². The molecule has 10 nitrogen and oxygen atoms in total. The number of likely N-dealkylation sites (N-methyl/N-ethyl adjacent to an activating group) is 1. The number of carbonyl (C=O) groups is 1. The molecule has 0 aliphatic rings. The average Bonchev–Trinajstić information content (AvgIpc) is 3.11. The van der Waals surface area contributed by atoms with Gasteiger partial charge in [-0.1, -0.05) is 18.2 Å². The van der Waals surface area contributed by atoms with Crippen LogP contribution in [0.4, 0.5) is 25.2 Å². The van der Waals surface area contributed by atoms with Crippen molar-refractivity contribution in [3.05, 3.63) is 65.0 Å². The molecule has 0 unspecified atom stereocenters. The number of fused-ring (bicyclic) bond motifs is 1. The number of nitrogen functional groups attached to an aromatic ring is 2. The van der Waals surface area contributed by atoms with Gasteiger partial charge < -0.3 is 21.5 Å². The van der Waals surface area contributed by atoms with Gasteiger partial charge in [-0.15, -0.1) is 0 Å². The predicted octanol–water partition coefficient (Wildman–Crippen LogP) is 2.40. The van der Waals surface area contributed by atoms with Gasteiger partial charge >= 0.3 is 6.09 Å². The molecule has 0 fully saturated rings. The lowest BCUT2D eigenvalue weighted by atomic mass is 10.1. The molecule has 12 heteroatoms. The molecule has 0 radical (unpaired) electrons. The fourth-order valence-corrected chi connectivity index (χ4v) is 3.36. The maximum absolute atomic E-state index is 14.2. The van der Waals surface area contributed by atoms with Crippen LogP contribution in [0.1, 0.15) is 16.8 Å². The summed E-state index contributed by atoms with van der Waals surface area (Å²) in [6.45, 7) is 0.138. The third kappa shape index (κ3) is 4.35. The Morgan fingerprint density at radius 1 is 1.18 bits per heavy atom. The first-order valence-electron chi connectivity index (χ1n) is 9.87. The van der Waals surface area contributed by atoms with Crippen LogP contribution in [0, 0.1) is 11.6 Å². The van der Waals surface area contributed by atoms with Crippen molar-refractivity contribution in [2.45, 2.75) is 12.8 Å². The van der Waals surface area contributed by atoms with Gasteiger partial charge in [0.2, 0.25) is 0 Å². The minimum absolute atomic E-state index is 0.0162. The van der Waals surface area contributed by atoms with Crippen LogP contribution in [0.15, 0.2) is 36.5 Å². The van der Waals surface area contributed by atoms with Crippen molar-refractivity contribution in [3.63, 3.8) is 0 Å².